The zero-order valence-electron chi connectivity index (χ0n) is 8.16. The van der Waals surface area contributed by atoms with Gasteiger partial charge in [0, 0.05) is 11.6 Å². The maximum absolute atomic E-state index is 10.5. The quantitative estimate of drug-likeness (QED) is 0.762. The van der Waals surface area contributed by atoms with E-state index in [1.807, 2.05) is 10.8 Å². The lowest BCUT2D eigenvalue weighted by Crippen LogP contribution is -2.22. The zero-order chi connectivity index (χ0) is 11.6. The van der Waals surface area contributed by atoms with Crippen LogP contribution in [0.25, 0.3) is 11.0 Å². The predicted octanol–water partition coefficient (Wildman–Crippen LogP) is 0.522. The zero-order valence-corrected chi connectivity index (χ0v) is 8.98. The third-order valence-corrected chi connectivity index (χ3v) is 2.47. The molecule has 0 amide bonds. The maximum atomic E-state index is 10.5. The minimum atomic E-state index is -4.19. The van der Waals surface area contributed by atoms with E-state index in [9.17, 15) is 8.42 Å². The lowest BCUT2D eigenvalue weighted by Gasteiger charge is -2.02. The van der Waals surface area contributed by atoms with Crippen molar-refractivity contribution in [2.45, 2.75) is 6.54 Å². The number of pyridine rings is 2. The van der Waals surface area contributed by atoms with E-state index in [1.165, 1.54) is 0 Å². The summed E-state index contributed by atoms with van der Waals surface area (Å²) in [6.07, 6.45) is 1.61. The first-order valence-electron chi connectivity index (χ1n) is 4.47. The van der Waals surface area contributed by atoms with Crippen molar-refractivity contribution in [3.8, 4) is 0 Å². The molecule has 0 aliphatic carbocycles. The van der Waals surface area contributed by atoms with Crippen LogP contribution in [0.4, 0.5) is 0 Å². The van der Waals surface area contributed by atoms with E-state index in [1.54, 1.807) is 24.4 Å². The molecule has 0 saturated heterocycles. The van der Waals surface area contributed by atoms with E-state index in [-0.39, 0.29) is 6.54 Å². The SMILES string of the molecule is O=S(=O)(O)NCc1ccc2cccnc2n1. The summed E-state index contributed by atoms with van der Waals surface area (Å²) in [5, 5.41) is 0.873. The highest BCUT2D eigenvalue weighted by molar-refractivity contribution is 7.83. The molecule has 84 valence electrons. The smallest absolute Gasteiger partial charge is 0.273 e. The van der Waals surface area contributed by atoms with Crippen LogP contribution in [0.1, 0.15) is 5.69 Å². The number of nitrogens with one attached hydrogen (secondary N) is 1. The molecule has 0 bridgehead atoms. The molecule has 0 aromatic carbocycles. The molecule has 6 nitrogen and oxygen atoms in total. The standard InChI is InChI=1S/C9H9N3O3S/c13-16(14,15)11-6-8-4-3-7-2-1-5-10-9(7)12-8/h1-5,11H,6H2,(H,13,14,15). The Morgan fingerprint density at radius 1 is 1.31 bits per heavy atom. The van der Waals surface area contributed by atoms with Crippen LogP contribution >= 0.6 is 0 Å². The molecule has 2 rings (SSSR count). The molecule has 0 spiro atoms. The Bertz CT molecular complexity index is 612. The number of nitrogens with zero attached hydrogens (tertiary/aromatic N) is 2. The molecule has 16 heavy (non-hydrogen) atoms. The molecule has 0 atom stereocenters. The van der Waals surface area contributed by atoms with Crippen LogP contribution < -0.4 is 4.72 Å². The molecular formula is C9H9N3O3S. The highest BCUT2D eigenvalue weighted by atomic mass is 32.2. The van der Waals surface area contributed by atoms with Crippen molar-refractivity contribution in [2.75, 3.05) is 0 Å². The van der Waals surface area contributed by atoms with E-state index in [0.717, 1.165) is 5.39 Å². The predicted molar refractivity (Wildman–Crippen MR) is 57.9 cm³/mol. The van der Waals surface area contributed by atoms with Gasteiger partial charge in [-0.2, -0.15) is 13.1 Å². The van der Waals surface area contributed by atoms with Crippen molar-refractivity contribution in [3.05, 3.63) is 36.2 Å². The summed E-state index contributed by atoms with van der Waals surface area (Å²) in [5.74, 6) is 0. The van der Waals surface area contributed by atoms with Gasteiger partial charge in [0.2, 0.25) is 0 Å². The third-order valence-electron chi connectivity index (χ3n) is 1.96. The molecule has 0 aliphatic heterocycles. The number of aromatic nitrogens is 2. The molecule has 0 unspecified atom stereocenters. The van der Waals surface area contributed by atoms with Crippen LogP contribution in [0.15, 0.2) is 30.5 Å². The maximum Gasteiger partial charge on any atom is 0.333 e. The Morgan fingerprint density at radius 2 is 2.12 bits per heavy atom. The van der Waals surface area contributed by atoms with Crippen LogP contribution in [0, 0.1) is 0 Å². The summed E-state index contributed by atoms with van der Waals surface area (Å²) < 4.78 is 31.4. The van der Waals surface area contributed by atoms with Gasteiger partial charge >= 0.3 is 10.3 Å². The van der Waals surface area contributed by atoms with Crippen LogP contribution in [0.3, 0.4) is 0 Å². The van der Waals surface area contributed by atoms with E-state index in [4.69, 9.17) is 4.55 Å². The molecule has 0 radical (unpaired) electrons. The second-order valence-corrected chi connectivity index (χ2v) is 4.39. The summed E-state index contributed by atoms with van der Waals surface area (Å²) in [4.78, 5) is 8.16. The molecule has 0 saturated carbocycles. The van der Waals surface area contributed by atoms with Crippen molar-refractivity contribution in [1.82, 2.24) is 14.7 Å². The van der Waals surface area contributed by atoms with Crippen molar-refractivity contribution in [3.63, 3.8) is 0 Å². The van der Waals surface area contributed by atoms with Crippen LogP contribution in [-0.2, 0) is 16.8 Å². The van der Waals surface area contributed by atoms with Crippen LogP contribution in [0.2, 0.25) is 0 Å². The average Bonchev–Trinajstić information content (AvgIpc) is 2.25. The second-order valence-electron chi connectivity index (χ2n) is 3.15. The van der Waals surface area contributed by atoms with E-state index >= 15 is 0 Å². The van der Waals surface area contributed by atoms with Crippen molar-refractivity contribution in [2.24, 2.45) is 0 Å². The largest absolute Gasteiger partial charge is 0.333 e. The monoisotopic (exact) mass is 239 g/mol. The number of fused-ring (bicyclic) bond motifs is 1. The lowest BCUT2D eigenvalue weighted by atomic mass is 10.2. The van der Waals surface area contributed by atoms with E-state index in [0.29, 0.717) is 11.3 Å². The van der Waals surface area contributed by atoms with Crippen molar-refractivity contribution < 1.29 is 13.0 Å². The Labute approximate surface area is 92.2 Å². The Kier molecular flexibility index (Phi) is 2.82. The molecule has 2 aromatic rings. The summed E-state index contributed by atoms with van der Waals surface area (Å²) in [5.41, 5.74) is 1.03. The second kappa shape index (κ2) is 4.12. The van der Waals surface area contributed by atoms with E-state index < -0.39 is 10.3 Å². The first-order valence-corrected chi connectivity index (χ1v) is 5.91. The van der Waals surface area contributed by atoms with Gasteiger partial charge in [-0.1, -0.05) is 0 Å². The number of rotatable bonds is 3. The highest BCUT2D eigenvalue weighted by Gasteiger charge is 2.04. The van der Waals surface area contributed by atoms with Gasteiger partial charge in [0.05, 0.1) is 12.2 Å². The third kappa shape index (κ3) is 2.72. The van der Waals surface area contributed by atoms with Gasteiger partial charge in [-0.15, -0.1) is 0 Å². The van der Waals surface area contributed by atoms with Gasteiger partial charge in [0.25, 0.3) is 0 Å². The van der Waals surface area contributed by atoms with Gasteiger partial charge in [-0.3, -0.25) is 4.55 Å². The summed E-state index contributed by atoms with van der Waals surface area (Å²) >= 11 is 0. The summed E-state index contributed by atoms with van der Waals surface area (Å²) in [6, 6.07) is 7.11. The first kappa shape index (κ1) is 10.9. The molecular weight excluding hydrogens is 230 g/mol. The van der Waals surface area contributed by atoms with Gasteiger partial charge in [-0.25, -0.2) is 9.97 Å². The van der Waals surface area contributed by atoms with Gasteiger partial charge in [-0.05, 0) is 24.3 Å². The minimum Gasteiger partial charge on any atom is -0.273 e. The lowest BCUT2D eigenvalue weighted by molar-refractivity contribution is 0.467. The molecule has 2 aromatic heterocycles. The first-order chi connectivity index (χ1) is 7.54. The fraction of sp³-hybridized carbons (Fsp3) is 0.111. The average molecular weight is 239 g/mol. The Morgan fingerprint density at radius 3 is 2.88 bits per heavy atom. The highest BCUT2D eigenvalue weighted by Crippen LogP contribution is 2.08. The molecule has 7 heteroatoms. The van der Waals surface area contributed by atoms with Crippen LogP contribution in [-0.4, -0.2) is 22.9 Å². The van der Waals surface area contributed by atoms with Gasteiger partial charge in [0.15, 0.2) is 5.65 Å². The van der Waals surface area contributed by atoms with Gasteiger partial charge in [0.1, 0.15) is 0 Å². The number of hydrogen-bond acceptors (Lipinski definition) is 4. The Balaban J connectivity index is 2.26. The molecule has 2 N–H and O–H groups in total. The van der Waals surface area contributed by atoms with Crippen molar-refractivity contribution in [1.29, 1.82) is 0 Å². The topological polar surface area (TPSA) is 92.2 Å². The molecule has 0 fully saturated rings. The summed E-state index contributed by atoms with van der Waals surface area (Å²) in [6.45, 7) is -0.0641. The number of hydrogen-bond donors (Lipinski definition) is 2. The normalized spacial score (nSPS) is 11.8. The molecule has 0 aliphatic rings. The van der Waals surface area contributed by atoms with Crippen molar-refractivity contribution >= 4 is 21.3 Å². The van der Waals surface area contributed by atoms with Gasteiger partial charge < -0.3 is 0 Å². The summed E-state index contributed by atoms with van der Waals surface area (Å²) in [7, 11) is -4.19. The minimum absolute atomic E-state index is 0.0641. The molecule has 2 heterocycles. The fourth-order valence-corrected chi connectivity index (χ4v) is 1.59. The fourth-order valence-electron chi connectivity index (χ4n) is 1.26. The van der Waals surface area contributed by atoms with Crippen LogP contribution in [0.5, 0.6) is 0 Å². The Hall–Kier alpha value is -1.57. The van der Waals surface area contributed by atoms with E-state index in [2.05, 4.69) is 9.97 Å².